The number of nitrogens with zero attached hydrogens (tertiary/aromatic N) is 1. The first-order valence-corrected chi connectivity index (χ1v) is 5.84. The van der Waals surface area contributed by atoms with Crippen molar-refractivity contribution >= 4 is 11.6 Å². The van der Waals surface area contributed by atoms with E-state index in [1.165, 1.54) is 0 Å². The van der Waals surface area contributed by atoms with Crippen LogP contribution in [0.5, 0.6) is 0 Å². The van der Waals surface area contributed by atoms with E-state index in [1.807, 2.05) is 13.8 Å². The molecule has 2 heterocycles. The Morgan fingerprint density at radius 1 is 1.47 bits per heavy atom. The third kappa shape index (κ3) is 2.00. The molecule has 2 rings (SSSR count). The Morgan fingerprint density at radius 3 is 2.67 bits per heavy atom. The topological polar surface area (TPSA) is 12.5 Å². The van der Waals surface area contributed by atoms with E-state index in [9.17, 15) is 4.39 Å². The molecule has 0 bridgehead atoms. The first kappa shape index (κ1) is 11.2. The van der Waals surface area contributed by atoms with Gasteiger partial charge in [-0.05, 0) is 19.3 Å². The molecule has 1 atom stereocenters. The molecule has 0 amide bonds. The van der Waals surface area contributed by atoms with E-state index in [4.69, 9.17) is 16.3 Å². The first-order chi connectivity index (χ1) is 7.02. The van der Waals surface area contributed by atoms with Crippen LogP contribution in [0.25, 0.3) is 0 Å². The SMILES string of the molecule is CC1(C)CN(C2CCCCO2)C(F)=C1Cl. The maximum Gasteiger partial charge on any atom is 0.206 e. The average molecular weight is 234 g/mol. The minimum absolute atomic E-state index is 0.116. The third-order valence-electron chi connectivity index (χ3n) is 3.10. The quantitative estimate of drug-likeness (QED) is 0.645. The van der Waals surface area contributed by atoms with Gasteiger partial charge >= 0.3 is 0 Å². The summed E-state index contributed by atoms with van der Waals surface area (Å²) in [7, 11) is 0. The van der Waals surface area contributed by atoms with Gasteiger partial charge in [0.15, 0.2) is 0 Å². The van der Waals surface area contributed by atoms with E-state index < -0.39 is 0 Å². The lowest BCUT2D eigenvalue weighted by molar-refractivity contribution is -0.0798. The Hall–Kier alpha value is -0.280. The maximum atomic E-state index is 13.9. The van der Waals surface area contributed by atoms with Gasteiger partial charge in [0, 0.05) is 18.6 Å². The molecule has 1 saturated heterocycles. The van der Waals surface area contributed by atoms with Gasteiger partial charge in [-0.15, -0.1) is 0 Å². The van der Waals surface area contributed by atoms with Gasteiger partial charge in [0.1, 0.15) is 6.23 Å². The summed E-state index contributed by atoms with van der Waals surface area (Å²) in [4.78, 5) is 1.67. The van der Waals surface area contributed by atoms with E-state index in [1.54, 1.807) is 4.90 Å². The lowest BCUT2D eigenvalue weighted by Gasteiger charge is -2.33. The molecule has 0 spiro atoms. The lowest BCUT2D eigenvalue weighted by Crippen LogP contribution is -2.38. The fraction of sp³-hybridized carbons (Fsp3) is 0.818. The van der Waals surface area contributed by atoms with Crippen molar-refractivity contribution in [1.29, 1.82) is 0 Å². The molecule has 0 aromatic carbocycles. The van der Waals surface area contributed by atoms with Crippen LogP contribution in [0, 0.1) is 5.41 Å². The molecule has 1 unspecified atom stereocenters. The fourth-order valence-electron chi connectivity index (χ4n) is 2.17. The van der Waals surface area contributed by atoms with Gasteiger partial charge in [0.05, 0.1) is 5.03 Å². The second-order valence-electron chi connectivity index (χ2n) is 4.94. The van der Waals surface area contributed by atoms with Crippen molar-refractivity contribution in [2.24, 2.45) is 5.41 Å². The molecule has 0 aromatic heterocycles. The zero-order valence-corrected chi connectivity index (χ0v) is 9.98. The predicted molar refractivity (Wildman–Crippen MR) is 58.1 cm³/mol. The Morgan fingerprint density at radius 2 is 2.20 bits per heavy atom. The highest BCUT2D eigenvalue weighted by Gasteiger charge is 2.41. The van der Waals surface area contributed by atoms with Crippen LogP contribution in [-0.2, 0) is 4.74 Å². The van der Waals surface area contributed by atoms with Crippen LogP contribution < -0.4 is 0 Å². The van der Waals surface area contributed by atoms with Crippen molar-refractivity contribution in [2.45, 2.75) is 39.3 Å². The molecule has 86 valence electrons. The Labute approximate surface area is 95.0 Å². The molecule has 1 fully saturated rings. The lowest BCUT2D eigenvalue weighted by atomic mass is 9.95. The standard InChI is InChI=1S/C11H17ClFNO/c1-11(2)7-14(10(13)9(11)12)8-5-3-4-6-15-8/h8H,3-7H2,1-2H3. The molecule has 2 nitrogen and oxygen atoms in total. The molecule has 4 heteroatoms. The van der Waals surface area contributed by atoms with Crippen LogP contribution in [0.4, 0.5) is 4.39 Å². The van der Waals surface area contributed by atoms with Crippen LogP contribution in [-0.4, -0.2) is 24.3 Å². The van der Waals surface area contributed by atoms with E-state index in [0.29, 0.717) is 11.6 Å². The summed E-state index contributed by atoms with van der Waals surface area (Å²) in [6, 6.07) is 0. The van der Waals surface area contributed by atoms with Gasteiger partial charge < -0.3 is 9.64 Å². The summed E-state index contributed by atoms with van der Waals surface area (Å²) in [5.74, 6) is -0.298. The molecule has 15 heavy (non-hydrogen) atoms. The largest absolute Gasteiger partial charge is 0.358 e. The minimum atomic E-state index is -0.298. The number of halogens is 2. The molecular formula is C11H17ClFNO. The molecule has 2 aliphatic heterocycles. The van der Waals surface area contributed by atoms with Crippen LogP contribution in [0.1, 0.15) is 33.1 Å². The highest BCUT2D eigenvalue weighted by Crippen LogP contribution is 2.43. The highest BCUT2D eigenvalue weighted by atomic mass is 35.5. The van der Waals surface area contributed by atoms with Crippen LogP contribution in [0.15, 0.2) is 11.0 Å². The molecular weight excluding hydrogens is 217 g/mol. The van der Waals surface area contributed by atoms with Gasteiger partial charge in [-0.1, -0.05) is 25.4 Å². The second kappa shape index (κ2) is 3.95. The summed E-state index contributed by atoms with van der Waals surface area (Å²) in [5.41, 5.74) is -0.285. The van der Waals surface area contributed by atoms with Gasteiger partial charge in [0.25, 0.3) is 0 Å². The Bertz CT molecular complexity index is 284. The van der Waals surface area contributed by atoms with Gasteiger partial charge in [0.2, 0.25) is 5.95 Å². The summed E-state index contributed by atoms with van der Waals surface area (Å²) in [5, 5.41) is 0.330. The van der Waals surface area contributed by atoms with E-state index in [-0.39, 0.29) is 17.6 Å². The molecule has 0 aromatic rings. The monoisotopic (exact) mass is 233 g/mol. The van der Waals surface area contributed by atoms with Crippen molar-refractivity contribution in [3.8, 4) is 0 Å². The van der Waals surface area contributed by atoms with Crippen molar-refractivity contribution < 1.29 is 9.13 Å². The molecule has 0 N–H and O–H groups in total. The summed E-state index contributed by atoms with van der Waals surface area (Å²) in [6.45, 7) is 5.25. The fourth-order valence-corrected chi connectivity index (χ4v) is 2.34. The van der Waals surface area contributed by atoms with E-state index in [2.05, 4.69) is 0 Å². The Kier molecular flexibility index (Phi) is 2.95. The van der Waals surface area contributed by atoms with Crippen molar-refractivity contribution in [3.63, 3.8) is 0 Å². The van der Waals surface area contributed by atoms with E-state index in [0.717, 1.165) is 25.9 Å². The van der Waals surface area contributed by atoms with Gasteiger partial charge in [-0.2, -0.15) is 4.39 Å². The molecule has 0 saturated carbocycles. The number of rotatable bonds is 1. The van der Waals surface area contributed by atoms with Crippen LogP contribution >= 0.6 is 11.6 Å². The summed E-state index contributed by atoms with van der Waals surface area (Å²) in [6.07, 6.45) is 2.96. The number of hydrogen-bond donors (Lipinski definition) is 0. The highest BCUT2D eigenvalue weighted by molar-refractivity contribution is 6.30. The minimum Gasteiger partial charge on any atom is -0.358 e. The number of hydrogen-bond acceptors (Lipinski definition) is 2. The normalized spacial score (nSPS) is 31.2. The smallest absolute Gasteiger partial charge is 0.206 e. The zero-order valence-electron chi connectivity index (χ0n) is 9.22. The van der Waals surface area contributed by atoms with Gasteiger partial charge in [-0.3, -0.25) is 0 Å². The average Bonchev–Trinajstić information content (AvgIpc) is 2.44. The Balaban J connectivity index is 2.12. The van der Waals surface area contributed by atoms with Gasteiger partial charge in [-0.25, -0.2) is 0 Å². The third-order valence-corrected chi connectivity index (χ3v) is 3.76. The summed E-state index contributed by atoms with van der Waals surface area (Å²) >= 11 is 5.98. The first-order valence-electron chi connectivity index (χ1n) is 5.46. The summed E-state index contributed by atoms with van der Waals surface area (Å²) < 4.78 is 19.4. The molecule has 0 radical (unpaired) electrons. The predicted octanol–water partition coefficient (Wildman–Crippen LogP) is 3.23. The molecule has 0 aliphatic carbocycles. The zero-order chi connectivity index (χ0) is 11.1. The second-order valence-corrected chi connectivity index (χ2v) is 5.32. The van der Waals surface area contributed by atoms with E-state index >= 15 is 0 Å². The molecule has 2 aliphatic rings. The van der Waals surface area contributed by atoms with Crippen molar-refractivity contribution in [1.82, 2.24) is 4.90 Å². The van der Waals surface area contributed by atoms with Crippen molar-refractivity contribution in [2.75, 3.05) is 13.2 Å². The van der Waals surface area contributed by atoms with Crippen molar-refractivity contribution in [3.05, 3.63) is 11.0 Å². The van der Waals surface area contributed by atoms with Crippen LogP contribution in [0.3, 0.4) is 0 Å². The number of ether oxygens (including phenoxy) is 1. The van der Waals surface area contributed by atoms with Crippen LogP contribution in [0.2, 0.25) is 0 Å². The maximum absolute atomic E-state index is 13.9.